The molecule has 0 unspecified atom stereocenters. The maximum atomic E-state index is 13.2. The fraction of sp³-hybridized carbons (Fsp3) is 0.200. The van der Waals surface area contributed by atoms with Gasteiger partial charge in [0.15, 0.2) is 0 Å². The lowest BCUT2D eigenvalue weighted by Crippen LogP contribution is -2.23. The highest BCUT2D eigenvalue weighted by Gasteiger charge is 2.13. The Bertz CT molecular complexity index is 950. The summed E-state index contributed by atoms with van der Waals surface area (Å²) < 4.78 is 16.1. The molecule has 0 aliphatic heterocycles. The largest absolute Gasteiger partial charge is 0.308 e. The van der Waals surface area contributed by atoms with Gasteiger partial charge in [-0.3, -0.25) is 19.4 Å². The number of hydrogen-bond donors (Lipinski definition) is 1. The Kier molecular flexibility index (Phi) is 3.01. The molecule has 0 fully saturated rings. The van der Waals surface area contributed by atoms with Crippen LogP contribution in [0.25, 0.3) is 10.9 Å². The van der Waals surface area contributed by atoms with Crippen LogP contribution in [0.3, 0.4) is 0 Å². The summed E-state index contributed by atoms with van der Waals surface area (Å²) in [6.45, 7) is 1.95. The van der Waals surface area contributed by atoms with Gasteiger partial charge in [-0.2, -0.15) is 0 Å². The minimum atomic E-state index is -0.350. The molecule has 0 saturated heterocycles. The van der Waals surface area contributed by atoms with Crippen molar-refractivity contribution in [1.82, 2.24) is 14.3 Å². The molecule has 5 nitrogen and oxygen atoms in total. The van der Waals surface area contributed by atoms with Crippen LogP contribution in [0.4, 0.5) is 4.39 Å². The van der Waals surface area contributed by atoms with E-state index in [1.807, 2.05) is 0 Å². The quantitative estimate of drug-likeness (QED) is 0.777. The molecule has 0 radical (unpaired) electrons. The molecule has 0 atom stereocenters. The topological polar surface area (TPSA) is 59.8 Å². The second-order valence-electron chi connectivity index (χ2n) is 5.05. The van der Waals surface area contributed by atoms with Gasteiger partial charge in [0.1, 0.15) is 5.82 Å². The maximum Gasteiger partial charge on any atom is 0.275 e. The van der Waals surface area contributed by atoms with Crippen molar-refractivity contribution in [3.63, 3.8) is 0 Å². The first-order valence-electron chi connectivity index (χ1n) is 6.51. The average molecular weight is 287 g/mol. The Morgan fingerprint density at radius 2 is 2.00 bits per heavy atom. The van der Waals surface area contributed by atoms with E-state index in [4.69, 9.17) is 0 Å². The first-order chi connectivity index (χ1) is 9.97. The van der Waals surface area contributed by atoms with Gasteiger partial charge in [0.2, 0.25) is 0 Å². The molecule has 0 spiro atoms. The Balaban J connectivity index is 2.21. The molecule has 0 aliphatic carbocycles. The average Bonchev–Trinajstić information content (AvgIpc) is 2.70. The molecule has 108 valence electrons. The van der Waals surface area contributed by atoms with E-state index in [0.29, 0.717) is 22.2 Å². The third-order valence-electron chi connectivity index (χ3n) is 3.61. The number of fused-ring (bicyclic) bond motifs is 1. The van der Waals surface area contributed by atoms with Crippen LogP contribution in [-0.4, -0.2) is 14.3 Å². The van der Waals surface area contributed by atoms with Gasteiger partial charge in [0.05, 0.1) is 17.4 Å². The van der Waals surface area contributed by atoms with Crippen LogP contribution in [-0.2, 0) is 13.6 Å². The lowest BCUT2D eigenvalue weighted by molar-refractivity contribution is 0.622. The number of nitrogens with one attached hydrogen (secondary N) is 1. The number of nitrogens with zero attached hydrogens (tertiary/aromatic N) is 2. The van der Waals surface area contributed by atoms with E-state index < -0.39 is 0 Å². The van der Waals surface area contributed by atoms with E-state index in [0.717, 1.165) is 0 Å². The number of rotatable bonds is 2. The molecule has 21 heavy (non-hydrogen) atoms. The van der Waals surface area contributed by atoms with E-state index in [9.17, 15) is 14.0 Å². The van der Waals surface area contributed by atoms with E-state index in [1.165, 1.54) is 27.4 Å². The van der Waals surface area contributed by atoms with Crippen LogP contribution in [0, 0.1) is 12.7 Å². The zero-order valence-corrected chi connectivity index (χ0v) is 11.7. The zero-order valence-electron chi connectivity index (χ0n) is 11.7. The SMILES string of the molecule is Cc1c2c(=O)n(C)[nH]c2cc(=O)n1Cc1cccc(F)c1. The maximum absolute atomic E-state index is 13.2. The van der Waals surface area contributed by atoms with Gasteiger partial charge >= 0.3 is 0 Å². The van der Waals surface area contributed by atoms with Gasteiger partial charge in [0.25, 0.3) is 11.1 Å². The van der Waals surface area contributed by atoms with Crippen LogP contribution < -0.4 is 11.1 Å². The van der Waals surface area contributed by atoms with Gasteiger partial charge in [-0.15, -0.1) is 0 Å². The number of aromatic nitrogens is 3. The van der Waals surface area contributed by atoms with Gasteiger partial charge in [-0.05, 0) is 24.6 Å². The minimum absolute atomic E-state index is 0.185. The summed E-state index contributed by atoms with van der Waals surface area (Å²) in [6, 6.07) is 7.46. The van der Waals surface area contributed by atoms with E-state index >= 15 is 0 Å². The highest BCUT2D eigenvalue weighted by atomic mass is 19.1. The Labute approximate surface area is 119 Å². The monoisotopic (exact) mass is 287 g/mol. The highest BCUT2D eigenvalue weighted by Crippen LogP contribution is 2.12. The highest BCUT2D eigenvalue weighted by molar-refractivity contribution is 5.79. The Morgan fingerprint density at radius 3 is 2.71 bits per heavy atom. The summed E-state index contributed by atoms with van der Waals surface area (Å²) in [5, 5.41) is 3.32. The van der Waals surface area contributed by atoms with Crippen molar-refractivity contribution >= 4 is 10.9 Å². The number of aromatic amines is 1. The van der Waals surface area contributed by atoms with Crippen molar-refractivity contribution in [2.45, 2.75) is 13.5 Å². The third kappa shape index (κ3) is 2.18. The number of benzene rings is 1. The molecule has 3 aromatic rings. The molecule has 0 bridgehead atoms. The standard InChI is InChI=1S/C15H14FN3O2/c1-9-14-12(17-18(2)15(14)21)7-13(20)19(9)8-10-4-3-5-11(16)6-10/h3-7,17H,8H2,1-2H3. The molecule has 0 saturated carbocycles. The molecule has 0 aliphatic rings. The summed E-state index contributed by atoms with van der Waals surface area (Å²) in [5.41, 5.74) is 1.35. The number of pyridine rings is 1. The third-order valence-corrected chi connectivity index (χ3v) is 3.61. The van der Waals surface area contributed by atoms with Gasteiger partial charge in [0, 0.05) is 18.8 Å². The number of H-pyrrole nitrogens is 1. The smallest absolute Gasteiger partial charge is 0.275 e. The van der Waals surface area contributed by atoms with Crippen molar-refractivity contribution in [1.29, 1.82) is 0 Å². The van der Waals surface area contributed by atoms with E-state index in [-0.39, 0.29) is 23.5 Å². The van der Waals surface area contributed by atoms with Crippen molar-refractivity contribution in [3.8, 4) is 0 Å². The lowest BCUT2D eigenvalue weighted by Gasteiger charge is -2.10. The predicted octanol–water partition coefficient (Wildman–Crippen LogP) is 1.52. The fourth-order valence-corrected chi connectivity index (χ4v) is 2.54. The summed E-state index contributed by atoms with van der Waals surface area (Å²) >= 11 is 0. The molecular formula is C15H14FN3O2. The van der Waals surface area contributed by atoms with Crippen molar-refractivity contribution in [2.75, 3.05) is 0 Å². The number of halogens is 1. The summed E-state index contributed by atoms with van der Waals surface area (Å²) in [5.74, 6) is -0.350. The lowest BCUT2D eigenvalue weighted by atomic mass is 10.2. The second kappa shape index (κ2) is 4.73. The zero-order chi connectivity index (χ0) is 15.1. The number of aryl methyl sites for hydroxylation is 2. The Hall–Kier alpha value is -2.63. The second-order valence-corrected chi connectivity index (χ2v) is 5.05. The Morgan fingerprint density at radius 1 is 1.24 bits per heavy atom. The van der Waals surface area contributed by atoms with Crippen molar-refractivity contribution < 1.29 is 4.39 Å². The van der Waals surface area contributed by atoms with Gasteiger partial charge in [-0.25, -0.2) is 4.39 Å². The van der Waals surface area contributed by atoms with E-state index in [2.05, 4.69) is 5.10 Å². The molecule has 2 heterocycles. The summed E-state index contributed by atoms with van der Waals surface area (Å²) in [4.78, 5) is 24.3. The van der Waals surface area contributed by atoms with Gasteiger partial charge in [-0.1, -0.05) is 12.1 Å². The van der Waals surface area contributed by atoms with Crippen LogP contribution in [0.1, 0.15) is 11.3 Å². The number of hydrogen-bond acceptors (Lipinski definition) is 2. The first-order valence-corrected chi connectivity index (χ1v) is 6.51. The minimum Gasteiger partial charge on any atom is -0.308 e. The van der Waals surface area contributed by atoms with Crippen LogP contribution in [0.5, 0.6) is 0 Å². The van der Waals surface area contributed by atoms with Crippen molar-refractivity contribution in [2.24, 2.45) is 7.05 Å². The molecule has 0 amide bonds. The fourth-order valence-electron chi connectivity index (χ4n) is 2.54. The van der Waals surface area contributed by atoms with Gasteiger partial charge < -0.3 is 4.57 Å². The summed E-state index contributed by atoms with van der Waals surface area (Å²) in [6.07, 6.45) is 0. The molecule has 2 aromatic heterocycles. The first kappa shape index (κ1) is 13.4. The van der Waals surface area contributed by atoms with Crippen LogP contribution in [0.15, 0.2) is 39.9 Å². The molecule has 3 rings (SSSR count). The molecule has 1 N–H and O–H groups in total. The molecular weight excluding hydrogens is 273 g/mol. The molecule has 1 aromatic carbocycles. The van der Waals surface area contributed by atoms with Crippen molar-refractivity contribution in [3.05, 3.63) is 68.1 Å². The predicted molar refractivity (Wildman–Crippen MR) is 78.0 cm³/mol. The normalized spacial score (nSPS) is 11.2. The van der Waals surface area contributed by atoms with Crippen LogP contribution >= 0.6 is 0 Å². The summed E-state index contributed by atoms with van der Waals surface area (Å²) in [7, 11) is 1.60. The van der Waals surface area contributed by atoms with E-state index in [1.54, 1.807) is 26.1 Å². The van der Waals surface area contributed by atoms with Crippen LogP contribution in [0.2, 0.25) is 0 Å². The molecule has 6 heteroatoms.